The fourth-order valence-electron chi connectivity index (χ4n) is 10.3. The lowest BCUT2D eigenvalue weighted by Crippen LogP contribution is -2.58. The molecule has 2 aromatic rings. The van der Waals surface area contributed by atoms with Gasteiger partial charge in [0.2, 0.25) is 5.91 Å². The summed E-state index contributed by atoms with van der Waals surface area (Å²) in [5.74, 6) is 1.27. The van der Waals surface area contributed by atoms with E-state index >= 15 is 0 Å². The van der Waals surface area contributed by atoms with E-state index in [0.717, 1.165) is 83.6 Å². The van der Waals surface area contributed by atoms with Crippen LogP contribution in [0.1, 0.15) is 56.1 Å². The van der Waals surface area contributed by atoms with E-state index in [1.807, 2.05) is 12.1 Å². The fraction of sp³-hybridized carbons (Fsp3) is 0.600. The van der Waals surface area contributed by atoms with Crippen molar-refractivity contribution in [3.63, 3.8) is 0 Å². The maximum Gasteiger partial charge on any atom is 0.407 e. The number of hydrogen-bond donors (Lipinski definition) is 1. The molecule has 11 heteroatoms. The average Bonchev–Trinajstić information content (AvgIpc) is 3.60. The highest BCUT2D eigenvalue weighted by molar-refractivity contribution is 7.92. The van der Waals surface area contributed by atoms with Crippen molar-refractivity contribution in [1.82, 2.24) is 20.0 Å². The molecule has 1 N–H and O–H groups in total. The second-order valence-corrected chi connectivity index (χ2v) is 17.9. The molecule has 4 heterocycles. The lowest BCUT2D eigenvalue weighted by atomic mass is 9.56. The molecule has 276 valence electrons. The van der Waals surface area contributed by atoms with E-state index in [1.54, 1.807) is 24.1 Å². The number of likely N-dealkylation sites (tertiary alicyclic amines) is 2. The number of amides is 2. The molecule has 10 nitrogen and oxygen atoms in total. The molecule has 0 bridgehead atoms. The predicted octanol–water partition coefficient (Wildman–Crippen LogP) is 4.69. The normalized spacial score (nSPS) is 27.1. The molecule has 0 aromatic heterocycles. The molecule has 51 heavy (non-hydrogen) atoms. The van der Waals surface area contributed by atoms with Gasteiger partial charge in [0, 0.05) is 75.8 Å². The summed E-state index contributed by atoms with van der Waals surface area (Å²) in [5, 5.41) is 2.23. The minimum Gasteiger partial charge on any atom is -0.446 e. The van der Waals surface area contributed by atoms with Gasteiger partial charge in [0.15, 0.2) is 9.84 Å². The average molecular weight is 718 g/mol. The third-order valence-corrected chi connectivity index (χ3v) is 15.0. The Morgan fingerprint density at radius 3 is 2.35 bits per heavy atom. The number of piperidine rings is 2. The molecule has 0 spiro atoms. The van der Waals surface area contributed by atoms with Crippen molar-refractivity contribution < 1.29 is 22.7 Å². The molecule has 2 unspecified atom stereocenters. The number of carbonyl (C=O) groups is 2. The van der Waals surface area contributed by atoms with E-state index in [2.05, 4.69) is 57.9 Å². The SMILES string of the molecule is C=CC(=O)N1CCC(S(=O)(=O)c2ccc(N3CC(CN4CCC(C5(C6CCC[C@@H]6OC(=O)NC)CN(C)Cc6ccccc65)CC4)C3)cc2)CC1. The van der Waals surface area contributed by atoms with Gasteiger partial charge in [-0.15, -0.1) is 0 Å². The van der Waals surface area contributed by atoms with Crippen molar-refractivity contribution in [2.45, 2.75) is 73.2 Å². The number of carbonyl (C=O) groups excluding carboxylic acids is 2. The summed E-state index contributed by atoms with van der Waals surface area (Å²) in [4.78, 5) is 33.9. The number of ether oxygens (including phenoxy) is 1. The van der Waals surface area contributed by atoms with E-state index < -0.39 is 15.1 Å². The van der Waals surface area contributed by atoms with E-state index in [4.69, 9.17) is 4.74 Å². The Hall–Kier alpha value is -3.41. The highest BCUT2D eigenvalue weighted by atomic mass is 32.2. The van der Waals surface area contributed by atoms with Crippen molar-refractivity contribution in [3.8, 4) is 0 Å². The van der Waals surface area contributed by atoms with E-state index in [1.165, 1.54) is 17.2 Å². The summed E-state index contributed by atoms with van der Waals surface area (Å²) < 4.78 is 32.8. The first-order valence-electron chi connectivity index (χ1n) is 19.0. The highest BCUT2D eigenvalue weighted by Crippen LogP contribution is 2.54. The minimum atomic E-state index is -3.45. The summed E-state index contributed by atoms with van der Waals surface area (Å²) in [6.07, 6.45) is 7.20. The molecule has 3 saturated heterocycles. The molecular formula is C40H55N5O5S. The maximum absolute atomic E-state index is 13.4. The molecule has 5 aliphatic rings. The number of benzene rings is 2. The van der Waals surface area contributed by atoms with Crippen LogP contribution in [0, 0.1) is 17.8 Å². The van der Waals surface area contributed by atoms with Crippen molar-refractivity contribution >= 4 is 27.5 Å². The Balaban J connectivity index is 0.954. The monoisotopic (exact) mass is 717 g/mol. The quantitative estimate of drug-likeness (QED) is 0.373. The molecular weight excluding hydrogens is 663 g/mol. The summed E-state index contributed by atoms with van der Waals surface area (Å²) in [7, 11) is 0.447. The van der Waals surface area contributed by atoms with Gasteiger partial charge < -0.3 is 29.7 Å². The second-order valence-electron chi connectivity index (χ2n) is 15.7. The zero-order valence-electron chi connectivity index (χ0n) is 30.3. The van der Waals surface area contributed by atoms with Gasteiger partial charge in [-0.2, -0.15) is 0 Å². The predicted molar refractivity (Wildman–Crippen MR) is 199 cm³/mol. The first-order chi connectivity index (χ1) is 24.6. The number of alkyl carbamates (subject to hydrolysis) is 1. The van der Waals surface area contributed by atoms with Crippen LogP contribution in [0.4, 0.5) is 10.5 Å². The summed E-state index contributed by atoms with van der Waals surface area (Å²) in [6, 6.07) is 16.5. The Kier molecular flexibility index (Phi) is 10.5. The number of nitrogens with one attached hydrogen (secondary N) is 1. The first-order valence-corrected chi connectivity index (χ1v) is 20.5. The Morgan fingerprint density at radius 2 is 1.67 bits per heavy atom. The molecule has 4 aliphatic heterocycles. The number of nitrogens with zero attached hydrogens (tertiary/aromatic N) is 4. The van der Waals surface area contributed by atoms with Gasteiger partial charge in [0.05, 0.1) is 10.1 Å². The van der Waals surface area contributed by atoms with Crippen LogP contribution in [-0.2, 0) is 31.3 Å². The summed E-state index contributed by atoms with van der Waals surface area (Å²) >= 11 is 0. The third kappa shape index (κ3) is 7.05. The number of rotatable bonds is 9. The summed E-state index contributed by atoms with van der Waals surface area (Å²) in [6.45, 7) is 11.6. The number of sulfone groups is 1. The molecule has 2 amide bonds. The van der Waals surface area contributed by atoms with Gasteiger partial charge in [0.1, 0.15) is 6.10 Å². The number of hydrogen-bond acceptors (Lipinski definition) is 8. The van der Waals surface area contributed by atoms with E-state index in [9.17, 15) is 18.0 Å². The van der Waals surface area contributed by atoms with Gasteiger partial charge in [-0.1, -0.05) is 30.8 Å². The van der Waals surface area contributed by atoms with Crippen LogP contribution in [0.5, 0.6) is 0 Å². The zero-order valence-corrected chi connectivity index (χ0v) is 31.2. The Bertz CT molecular complexity index is 1680. The van der Waals surface area contributed by atoms with E-state index in [0.29, 0.717) is 48.6 Å². The first kappa shape index (κ1) is 36.0. The number of fused-ring (bicyclic) bond motifs is 1. The molecule has 1 saturated carbocycles. The lowest BCUT2D eigenvalue weighted by Gasteiger charge is -2.54. The van der Waals surface area contributed by atoms with Crippen molar-refractivity contribution in [2.75, 3.05) is 71.4 Å². The van der Waals surface area contributed by atoms with Crippen LogP contribution in [0.15, 0.2) is 66.1 Å². The lowest BCUT2D eigenvalue weighted by molar-refractivity contribution is -0.126. The molecule has 7 rings (SSSR count). The van der Waals surface area contributed by atoms with Crippen molar-refractivity contribution in [3.05, 3.63) is 72.3 Å². The van der Waals surface area contributed by atoms with Crippen LogP contribution in [0.3, 0.4) is 0 Å². The third-order valence-electron chi connectivity index (χ3n) is 12.8. The summed E-state index contributed by atoms with van der Waals surface area (Å²) in [5.41, 5.74) is 3.93. The highest BCUT2D eigenvalue weighted by Gasteiger charge is 2.55. The van der Waals surface area contributed by atoms with Gasteiger partial charge in [0.25, 0.3) is 0 Å². The maximum atomic E-state index is 13.4. The number of anilines is 1. The Morgan fingerprint density at radius 1 is 0.961 bits per heavy atom. The molecule has 2 aromatic carbocycles. The largest absolute Gasteiger partial charge is 0.446 e. The van der Waals surface area contributed by atoms with Crippen molar-refractivity contribution in [1.29, 1.82) is 0 Å². The smallest absolute Gasteiger partial charge is 0.407 e. The van der Waals surface area contributed by atoms with E-state index in [-0.39, 0.29) is 23.5 Å². The Labute approximate surface area is 304 Å². The fourth-order valence-corrected chi connectivity index (χ4v) is 12.0. The van der Waals surface area contributed by atoms with Crippen LogP contribution >= 0.6 is 0 Å². The van der Waals surface area contributed by atoms with Crippen LogP contribution < -0.4 is 10.2 Å². The van der Waals surface area contributed by atoms with Gasteiger partial charge in [-0.25, -0.2) is 13.2 Å². The molecule has 3 atom stereocenters. The second kappa shape index (κ2) is 14.9. The van der Waals surface area contributed by atoms with Gasteiger partial charge in [-0.05, 0) is 112 Å². The van der Waals surface area contributed by atoms with Crippen LogP contribution in [0.2, 0.25) is 0 Å². The standard InChI is InChI=1S/C40H55N5O5S/c1-4-38(46)44-22-18-34(19-23-44)51(48,49)33-14-12-32(13-15-33)45-25-29(26-45)24-43-20-16-31(17-21-43)40(36-10-7-11-37(36)50-39(47)41-2)28-42(3)27-30-8-5-6-9-35(30)40/h4-6,8-9,12-15,29,31,34,36-37H,1,7,10-11,16-28H2,2-3H3,(H,41,47)/t36?,37-,40?/m0/s1. The topological polar surface area (TPSA) is 103 Å². The molecule has 4 fully saturated rings. The number of likely N-dealkylation sites (N-methyl/N-ethyl adjacent to an activating group) is 1. The van der Waals surface area contributed by atoms with Gasteiger partial charge in [-0.3, -0.25) is 4.79 Å². The van der Waals surface area contributed by atoms with Crippen molar-refractivity contribution in [2.24, 2.45) is 17.8 Å². The zero-order chi connectivity index (χ0) is 35.8. The van der Waals surface area contributed by atoms with Crippen LogP contribution in [0.25, 0.3) is 0 Å². The molecule has 1 aliphatic carbocycles. The molecule has 0 radical (unpaired) electrons. The van der Waals surface area contributed by atoms with Crippen LogP contribution in [-0.4, -0.2) is 113 Å². The minimum absolute atomic E-state index is 0.0420. The van der Waals surface area contributed by atoms with Gasteiger partial charge >= 0.3 is 6.09 Å².